The van der Waals surface area contributed by atoms with Crippen LogP contribution >= 0.6 is 12.6 Å². The molecule has 1 heteroatoms. The summed E-state index contributed by atoms with van der Waals surface area (Å²) in [6.45, 7) is 7.13. The van der Waals surface area contributed by atoms with Gasteiger partial charge in [-0.3, -0.25) is 0 Å². The van der Waals surface area contributed by atoms with Crippen LogP contribution in [0.5, 0.6) is 0 Å². The molecule has 2 bridgehead atoms. The molecule has 0 aromatic rings. The largest absolute Gasteiger partial charge is 0.172 e. The molecular weight excluding hydrogens is 152 g/mol. The summed E-state index contributed by atoms with van der Waals surface area (Å²) in [6, 6.07) is 0. The normalized spacial score (nSPS) is 62.2. The van der Waals surface area contributed by atoms with E-state index in [0.717, 1.165) is 23.7 Å². The third-order valence-electron chi connectivity index (χ3n) is 4.19. The van der Waals surface area contributed by atoms with Crippen LogP contribution in [0.25, 0.3) is 0 Å². The number of fused-ring (bicyclic) bond motifs is 2. The van der Waals surface area contributed by atoms with Crippen molar-refractivity contribution >= 4 is 12.6 Å². The summed E-state index contributed by atoms with van der Waals surface area (Å²) in [7, 11) is 0. The van der Waals surface area contributed by atoms with Crippen LogP contribution in [0.1, 0.15) is 33.6 Å². The molecule has 3 atom stereocenters. The van der Waals surface area contributed by atoms with Crippen LogP contribution in [0.4, 0.5) is 0 Å². The van der Waals surface area contributed by atoms with Crippen molar-refractivity contribution in [3.8, 4) is 0 Å². The summed E-state index contributed by atoms with van der Waals surface area (Å²) >= 11 is 4.77. The maximum atomic E-state index is 4.77. The first-order chi connectivity index (χ1) is 5.04. The third-order valence-corrected chi connectivity index (χ3v) is 4.71. The fraction of sp³-hybridized carbons (Fsp3) is 1.00. The molecule has 3 saturated carbocycles. The quantitative estimate of drug-likeness (QED) is 0.531. The van der Waals surface area contributed by atoms with Crippen molar-refractivity contribution in [2.24, 2.45) is 23.7 Å². The van der Waals surface area contributed by atoms with Crippen LogP contribution in [0.15, 0.2) is 0 Å². The van der Waals surface area contributed by atoms with E-state index in [1.54, 1.807) is 0 Å². The highest BCUT2D eigenvalue weighted by atomic mass is 32.1. The van der Waals surface area contributed by atoms with Crippen molar-refractivity contribution in [1.29, 1.82) is 0 Å². The molecule has 0 aromatic heterocycles. The lowest BCUT2D eigenvalue weighted by Crippen LogP contribution is -2.57. The van der Waals surface area contributed by atoms with Gasteiger partial charge in [0.05, 0.1) is 0 Å². The molecule has 0 radical (unpaired) electrons. The van der Waals surface area contributed by atoms with Crippen LogP contribution in [-0.4, -0.2) is 4.75 Å². The lowest BCUT2D eigenvalue weighted by molar-refractivity contribution is -0.0679. The highest BCUT2D eigenvalue weighted by molar-refractivity contribution is 7.81. The average Bonchev–Trinajstić information content (AvgIpc) is 1.85. The molecular formula is C10H18S. The van der Waals surface area contributed by atoms with Gasteiger partial charge in [0.1, 0.15) is 0 Å². The highest BCUT2D eigenvalue weighted by Gasteiger charge is 2.55. The van der Waals surface area contributed by atoms with E-state index in [9.17, 15) is 0 Å². The summed E-state index contributed by atoms with van der Waals surface area (Å²) in [5.74, 6) is 3.81. The first-order valence-electron chi connectivity index (χ1n) is 4.76. The minimum Gasteiger partial charge on any atom is -0.172 e. The SMILES string of the molecule is C[C@@H]1C2CCC(C)(S)C1[C@@H]2C. The highest BCUT2D eigenvalue weighted by Crippen LogP contribution is 2.60. The van der Waals surface area contributed by atoms with Gasteiger partial charge in [-0.2, -0.15) is 12.6 Å². The van der Waals surface area contributed by atoms with Gasteiger partial charge in [-0.15, -0.1) is 0 Å². The zero-order valence-electron chi connectivity index (χ0n) is 7.67. The Hall–Kier alpha value is 0.350. The molecule has 0 saturated heterocycles. The van der Waals surface area contributed by atoms with E-state index in [-0.39, 0.29) is 0 Å². The van der Waals surface area contributed by atoms with Gasteiger partial charge >= 0.3 is 0 Å². The Morgan fingerprint density at radius 3 is 2.09 bits per heavy atom. The molecule has 0 nitrogen and oxygen atoms in total. The Kier molecular flexibility index (Phi) is 1.58. The van der Waals surface area contributed by atoms with E-state index < -0.39 is 0 Å². The first-order valence-corrected chi connectivity index (χ1v) is 5.21. The zero-order valence-corrected chi connectivity index (χ0v) is 8.57. The molecule has 0 amide bonds. The predicted molar refractivity (Wildman–Crippen MR) is 51.9 cm³/mol. The summed E-state index contributed by atoms with van der Waals surface area (Å²) in [5, 5.41) is 0. The third kappa shape index (κ3) is 0.898. The van der Waals surface area contributed by atoms with Gasteiger partial charge in [0.15, 0.2) is 0 Å². The second-order valence-electron chi connectivity index (χ2n) is 4.80. The first kappa shape index (κ1) is 7.97. The monoisotopic (exact) mass is 170 g/mol. The second kappa shape index (κ2) is 2.18. The number of rotatable bonds is 0. The van der Waals surface area contributed by atoms with Gasteiger partial charge < -0.3 is 0 Å². The maximum Gasteiger partial charge on any atom is 0.0135 e. The Labute approximate surface area is 75.2 Å². The van der Waals surface area contributed by atoms with Crippen molar-refractivity contribution in [1.82, 2.24) is 0 Å². The fourth-order valence-corrected chi connectivity index (χ4v) is 4.23. The molecule has 3 rings (SSSR count). The molecule has 11 heavy (non-hydrogen) atoms. The van der Waals surface area contributed by atoms with Crippen molar-refractivity contribution in [3.05, 3.63) is 0 Å². The smallest absolute Gasteiger partial charge is 0.0135 e. The molecule has 3 fully saturated rings. The molecule has 0 heterocycles. The predicted octanol–water partition coefficient (Wildman–Crippen LogP) is 2.99. The summed E-state index contributed by atoms with van der Waals surface area (Å²) in [6.07, 6.45) is 2.75. The molecule has 1 unspecified atom stereocenters. The van der Waals surface area contributed by atoms with Gasteiger partial charge in [0, 0.05) is 4.75 Å². The minimum atomic E-state index is 0.341. The average molecular weight is 170 g/mol. The number of hydrogen-bond donors (Lipinski definition) is 1. The Morgan fingerprint density at radius 2 is 1.82 bits per heavy atom. The molecule has 0 aromatic carbocycles. The summed E-state index contributed by atoms with van der Waals surface area (Å²) in [4.78, 5) is 0. The van der Waals surface area contributed by atoms with E-state index in [1.165, 1.54) is 12.8 Å². The van der Waals surface area contributed by atoms with Gasteiger partial charge in [0.25, 0.3) is 0 Å². The molecule has 3 aliphatic rings. The minimum absolute atomic E-state index is 0.341. The van der Waals surface area contributed by atoms with Crippen LogP contribution in [0, 0.1) is 23.7 Å². The molecule has 3 aliphatic carbocycles. The van der Waals surface area contributed by atoms with Crippen molar-refractivity contribution < 1.29 is 0 Å². The van der Waals surface area contributed by atoms with E-state index in [0.29, 0.717) is 4.75 Å². The summed E-state index contributed by atoms with van der Waals surface area (Å²) < 4.78 is 0.341. The Balaban J connectivity index is 2.20. The lowest BCUT2D eigenvalue weighted by atomic mass is 9.48. The lowest BCUT2D eigenvalue weighted by Gasteiger charge is -2.61. The van der Waals surface area contributed by atoms with Crippen LogP contribution < -0.4 is 0 Å². The van der Waals surface area contributed by atoms with E-state index in [1.807, 2.05) is 0 Å². The molecule has 0 N–H and O–H groups in total. The van der Waals surface area contributed by atoms with Crippen LogP contribution in [-0.2, 0) is 0 Å². The van der Waals surface area contributed by atoms with Crippen molar-refractivity contribution in [3.63, 3.8) is 0 Å². The van der Waals surface area contributed by atoms with E-state index in [4.69, 9.17) is 12.6 Å². The van der Waals surface area contributed by atoms with Crippen LogP contribution in [0.3, 0.4) is 0 Å². The Morgan fingerprint density at radius 1 is 1.27 bits per heavy atom. The number of hydrogen-bond acceptors (Lipinski definition) is 1. The van der Waals surface area contributed by atoms with E-state index in [2.05, 4.69) is 20.8 Å². The Bertz CT molecular complexity index is 164. The van der Waals surface area contributed by atoms with Gasteiger partial charge in [-0.1, -0.05) is 20.8 Å². The van der Waals surface area contributed by atoms with Gasteiger partial charge in [0.2, 0.25) is 0 Å². The zero-order chi connectivity index (χ0) is 8.22. The van der Waals surface area contributed by atoms with Crippen molar-refractivity contribution in [2.45, 2.75) is 38.4 Å². The number of thiol groups is 1. The molecule has 0 spiro atoms. The van der Waals surface area contributed by atoms with Gasteiger partial charge in [-0.25, -0.2) is 0 Å². The standard InChI is InChI=1S/C10H18S/c1-6-8-4-5-10(3,11)9(6)7(8)2/h6-9,11H,4-5H2,1-3H3/t6-,7-,8?,9?,10?/m1/s1. The second-order valence-corrected chi connectivity index (χ2v) is 5.83. The van der Waals surface area contributed by atoms with Crippen LogP contribution in [0.2, 0.25) is 0 Å². The van der Waals surface area contributed by atoms with E-state index >= 15 is 0 Å². The topological polar surface area (TPSA) is 0 Å². The molecule has 0 aliphatic heterocycles. The fourth-order valence-electron chi connectivity index (χ4n) is 3.63. The molecule has 64 valence electrons. The summed E-state index contributed by atoms with van der Waals surface area (Å²) in [5.41, 5.74) is 0. The van der Waals surface area contributed by atoms with Gasteiger partial charge in [-0.05, 0) is 36.5 Å². The maximum absolute atomic E-state index is 4.77. The van der Waals surface area contributed by atoms with Crippen molar-refractivity contribution in [2.75, 3.05) is 0 Å².